The molecule has 0 saturated carbocycles. The molecule has 1 aromatic carbocycles. The first-order chi connectivity index (χ1) is 12.2. The van der Waals surface area contributed by atoms with E-state index >= 15 is 0 Å². The normalized spacial score (nSPS) is 15.8. The minimum absolute atomic E-state index is 0.169. The Labute approximate surface area is 149 Å². The second-order valence-electron chi connectivity index (χ2n) is 6.20. The maximum absolute atomic E-state index is 12.2. The summed E-state index contributed by atoms with van der Waals surface area (Å²) in [5.74, 6) is 0. The summed E-state index contributed by atoms with van der Waals surface area (Å²) in [5, 5.41) is 6.40. The predicted molar refractivity (Wildman–Crippen MR) is 97.4 cm³/mol. The van der Waals surface area contributed by atoms with E-state index in [1.165, 1.54) is 6.33 Å². The molecule has 130 valence electrons. The third-order valence-corrected chi connectivity index (χ3v) is 4.99. The van der Waals surface area contributed by atoms with Crippen molar-refractivity contribution in [2.24, 2.45) is 0 Å². The summed E-state index contributed by atoms with van der Waals surface area (Å²) in [4.78, 5) is 23.2. The SMILES string of the molecule is O=c1[nH]c2cncnc2n1N1CCC(NCc2ccccc2Cl)CC1. The van der Waals surface area contributed by atoms with Crippen LogP contribution in [-0.2, 0) is 6.54 Å². The van der Waals surface area contributed by atoms with Crippen molar-refractivity contribution in [1.82, 2.24) is 24.9 Å². The lowest BCUT2D eigenvalue weighted by Crippen LogP contribution is -2.50. The number of benzene rings is 1. The van der Waals surface area contributed by atoms with Crippen molar-refractivity contribution >= 4 is 22.8 Å². The van der Waals surface area contributed by atoms with Crippen LogP contribution < -0.4 is 16.0 Å². The molecular weight excluding hydrogens is 340 g/mol. The highest BCUT2D eigenvalue weighted by Gasteiger charge is 2.22. The van der Waals surface area contributed by atoms with E-state index in [4.69, 9.17) is 11.6 Å². The minimum Gasteiger partial charge on any atom is -0.310 e. The number of hydrogen-bond acceptors (Lipinski definition) is 5. The molecule has 2 aromatic heterocycles. The van der Waals surface area contributed by atoms with Gasteiger partial charge in [-0.25, -0.2) is 14.8 Å². The molecule has 0 amide bonds. The maximum Gasteiger partial charge on any atom is 0.346 e. The Hall–Kier alpha value is -2.38. The van der Waals surface area contributed by atoms with E-state index in [0.29, 0.717) is 17.2 Å². The number of aromatic nitrogens is 4. The highest BCUT2D eigenvalue weighted by Crippen LogP contribution is 2.16. The fourth-order valence-corrected chi connectivity index (χ4v) is 3.48. The molecule has 1 fully saturated rings. The zero-order chi connectivity index (χ0) is 17.2. The summed E-state index contributed by atoms with van der Waals surface area (Å²) in [7, 11) is 0. The van der Waals surface area contributed by atoms with Gasteiger partial charge in [-0.15, -0.1) is 0 Å². The molecule has 0 spiro atoms. The zero-order valence-electron chi connectivity index (χ0n) is 13.7. The molecule has 3 heterocycles. The topological polar surface area (TPSA) is 78.8 Å². The first-order valence-electron chi connectivity index (χ1n) is 8.35. The third kappa shape index (κ3) is 3.25. The van der Waals surface area contributed by atoms with E-state index in [1.807, 2.05) is 29.3 Å². The lowest BCUT2D eigenvalue weighted by molar-refractivity contribution is 0.375. The number of fused-ring (bicyclic) bond motifs is 1. The number of halogens is 1. The van der Waals surface area contributed by atoms with Gasteiger partial charge in [-0.1, -0.05) is 29.8 Å². The van der Waals surface area contributed by atoms with Gasteiger partial charge < -0.3 is 15.3 Å². The van der Waals surface area contributed by atoms with Crippen LogP contribution in [0.5, 0.6) is 0 Å². The predicted octanol–water partition coefficient (Wildman–Crippen LogP) is 1.66. The van der Waals surface area contributed by atoms with Gasteiger partial charge in [-0.05, 0) is 24.5 Å². The molecule has 0 radical (unpaired) electrons. The molecule has 1 saturated heterocycles. The van der Waals surface area contributed by atoms with Crippen LogP contribution in [0, 0.1) is 0 Å². The molecule has 0 unspecified atom stereocenters. The molecule has 0 atom stereocenters. The number of H-pyrrole nitrogens is 1. The number of rotatable bonds is 4. The van der Waals surface area contributed by atoms with E-state index in [2.05, 4.69) is 20.3 Å². The van der Waals surface area contributed by atoms with E-state index in [-0.39, 0.29) is 5.69 Å². The molecule has 1 aliphatic heterocycles. The fourth-order valence-electron chi connectivity index (χ4n) is 3.27. The molecule has 3 aromatic rings. The van der Waals surface area contributed by atoms with Gasteiger partial charge >= 0.3 is 5.69 Å². The van der Waals surface area contributed by atoms with Crippen LogP contribution in [0.4, 0.5) is 0 Å². The van der Waals surface area contributed by atoms with Crippen molar-refractivity contribution in [2.75, 3.05) is 18.1 Å². The van der Waals surface area contributed by atoms with Crippen molar-refractivity contribution in [3.05, 3.63) is 57.9 Å². The van der Waals surface area contributed by atoms with Crippen LogP contribution in [0.2, 0.25) is 5.02 Å². The lowest BCUT2D eigenvalue weighted by atomic mass is 10.1. The van der Waals surface area contributed by atoms with Gasteiger partial charge in [-0.2, -0.15) is 4.68 Å². The Morgan fingerprint density at radius 2 is 2.08 bits per heavy atom. The van der Waals surface area contributed by atoms with E-state index < -0.39 is 0 Å². The molecule has 8 heteroatoms. The molecule has 0 bridgehead atoms. The minimum atomic E-state index is -0.169. The summed E-state index contributed by atoms with van der Waals surface area (Å²) in [6.07, 6.45) is 4.99. The Morgan fingerprint density at radius 3 is 2.88 bits per heavy atom. The zero-order valence-corrected chi connectivity index (χ0v) is 14.4. The molecule has 4 rings (SSSR count). The number of piperidine rings is 1. The molecule has 0 aliphatic carbocycles. The Kier molecular flexibility index (Phi) is 4.42. The highest BCUT2D eigenvalue weighted by molar-refractivity contribution is 6.31. The average molecular weight is 359 g/mol. The molecule has 7 nitrogen and oxygen atoms in total. The fraction of sp³-hybridized carbons (Fsp3) is 0.353. The number of nitrogens with zero attached hydrogens (tertiary/aromatic N) is 4. The van der Waals surface area contributed by atoms with Crippen LogP contribution in [-0.4, -0.2) is 38.8 Å². The quantitative estimate of drug-likeness (QED) is 0.741. The second kappa shape index (κ2) is 6.85. The lowest BCUT2D eigenvalue weighted by Gasteiger charge is -2.33. The summed E-state index contributed by atoms with van der Waals surface area (Å²) in [5.41, 5.74) is 2.23. The molecule has 25 heavy (non-hydrogen) atoms. The van der Waals surface area contributed by atoms with Crippen LogP contribution in [0.15, 0.2) is 41.6 Å². The number of nitrogens with one attached hydrogen (secondary N) is 2. The smallest absolute Gasteiger partial charge is 0.310 e. The number of aromatic amines is 1. The van der Waals surface area contributed by atoms with E-state index in [9.17, 15) is 4.79 Å². The van der Waals surface area contributed by atoms with Crippen LogP contribution >= 0.6 is 11.6 Å². The Bertz CT molecular complexity index is 928. The van der Waals surface area contributed by atoms with Gasteiger partial charge in [-0.3, -0.25) is 0 Å². The summed E-state index contributed by atoms with van der Waals surface area (Å²) < 4.78 is 1.63. The van der Waals surface area contributed by atoms with Crippen molar-refractivity contribution in [3.8, 4) is 0 Å². The highest BCUT2D eigenvalue weighted by atomic mass is 35.5. The third-order valence-electron chi connectivity index (χ3n) is 4.62. The molecular formula is C17H19ClN6O. The van der Waals surface area contributed by atoms with Crippen LogP contribution in [0.25, 0.3) is 11.2 Å². The van der Waals surface area contributed by atoms with Gasteiger partial charge in [0.25, 0.3) is 0 Å². The van der Waals surface area contributed by atoms with E-state index in [1.54, 1.807) is 10.9 Å². The summed E-state index contributed by atoms with van der Waals surface area (Å²) >= 11 is 6.20. The first kappa shape index (κ1) is 16.1. The Balaban J connectivity index is 1.40. The average Bonchev–Trinajstić information content (AvgIpc) is 2.97. The van der Waals surface area contributed by atoms with Gasteiger partial charge in [0.1, 0.15) is 11.8 Å². The van der Waals surface area contributed by atoms with Crippen LogP contribution in [0.3, 0.4) is 0 Å². The van der Waals surface area contributed by atoms with Crippen molar-refractivity contribution in [3.63, 3.8) is 0 Å². The largest absolute Gasteiger partial charge is 0.346 e. The van der Waals surface area contributed by atoms with Gasteiger partial charge in [0.15, 0.2) is 5.65 Å². The van der Waals surface area contributed by atoms with Crippen LogP contribution in [0.1, 0.15) is 18.4 Å². The second-order valence-corrected chi connectivity index (χ2v) is 6.61. The van der Waals surface area contributed by atoms with Gasteiger partial charge in [0, 0.05) is 30.7 Å². The molecule has 1 aliphatic rings. The number of imidazole rings is 1. The first-order valence-corrected chi connectivity index (χ1v) is 8.73. The monoisotopic (exact) mass is 358 g/mol. The summed E-state index contributed by atoms with van der Waals surface area (Å²) in [6.45, 7) is 2.33. The maximum atomic E-state index is 12.2. The standard InChI is InChI=1S/C17H19ClN6O/c18-14-4-2-1-3-12(14)9-20-13-5-7-23(8-6-13)24-16-15(22-17(24)25)10-19-11-21-16/h1-4,10-11,13,20H,5-9H2,(H,22,25). The number of hydrogen-bond donors (Lipinski definition) is 2. The van der Waals surface area contributed by atoms with E-state index in [0.717, 1.165) is 43.1 Å². The van der Waals surface area contributed by atoms with Gasteiger partial charge in [0.2, 0.25) is 0 Å². The summed E-state index contributed by atoms with van der Waals surface area (Å²) in [6, 6.07) is 8.29. The van der Waals surface area contributed by atoms with Crippen molar-refractivity contribution in [1.29, 1.82) is 0 Å². The molecule has 2 N–H and O–H groups in total. The van der Waals surface area contributed by atoms with Gasteiger partial charge in [0.05, 0.1) is 6.20 Å². The Morgan fingerprint density at radius 1 is 1.28 bits per heavy atom. The van der Waals surface area contributed by atoms with Crippen molar-refractivity contribution < 1.29 is 0 Å². The van der Waals surface area contributed by atoms with Crippen molar-refractivity contribution in [2.45, 2.75) is 25.4 Å².